The van der Waals surface area contributed by atoms with Crippen LogP contribution in [0.1, 0.15) is 56.6 Å². The van der Waals surface area contributed by atoms with Crippen LogP contribution in [0.25, 0.3) is 0 Å². The Morgan fingerprint density at radius 2 is 1.73 bits per heavy atom. The zero-order valence-electron chi connectivity index (χ0n) is 19.3. The molecule has 1 atom stereocenters. The zero-order valence-corrected chi connectivity index (χ0v) is 20.8. The van der Waals surface area contributed by atoms with E-state index in [0.29, 0.717) is 28.6 Å². The topological polar surface area (TPSA) is 58.6 Å². The van der Waals surface area contributed by atoms with Crippen molar-refractivity contribution in [2.45, 2.75) is 71.0 Å². The van der Waals surface area contributed by atoms with Gasteiger partial charge in [-0.25, -0.2) is 0 Å². The molecule has 0 unspecified atom stereocenters. The number of nitrogens with zero attached hydrogens (tertiary/aromatic N) is 1. The van der Waals surface area contributed by atoms with E-state index in [2.05, 4.69) is 5.32 Å². The summed E-state index contributed by atoms with van der Waals surface area (Å²) >= 11 is 12.7. The number of carbonyl (C=O) groups is 2. The summed E-state index contributed by atoms with van der Waals surface area (Å²) in [4.78, 5) is 27.7. The van der Waals surface area contributed by atoms with E-state index < -0.39 is 6.04 Å². The molecule has 0 spiro atoms. The molecule has 33 heavy (non-hydrogen) atoms. The number of benzene rings is 2. The number of carbonyl (C=O) groups excluding carboxylic acids is 2. The Hall–Kier alpha value is -2.24. The van der Waals surface area contributed by atoms with Gasteiger partial charge in [0, 0.05) is 34.6 Å². The summed E-state index contributed by atoms with van der Waals surface area (Å²) in [6.45, 7) is 4.37. The summed E-state index contributed by atoms with van der Waals surface area (Å²) in [5, 5.41) is 4.06. The molecule has 0 aliphatic heterocycles. The lowest BCUT2D eigenvalue weighted by molar-refractivity contribution is -0.141. The van der Waals surface area contributed by atoms with Gasteiger partial charge in [-0.1, -0.05) is 59.8 Å². The van der Waals surface area contributed by atoms with Gasteiger partial charge in [0.05, 0.1) is 6.61 Å². The van der Waals surface area contributed by atoms with Crippen LogP contribution in [0.4, 0.5) is 0 Å². The maximum absolute atomic E-state index is 13.2. The highest BCUT2D eigenvalue weighted by atomic mass is 35.5. The fraction of sp³-hybridized carbons (Fsp3) is 0.462. The van der Waals surface area contributed by atoms with Crippen molar-refractivity contribution < 1.29 is 14.3 Å². The highest BCUT2D eigenvalue weighted by Gasteiger charge is 2.29. The van der Waals surface area contributed by atoms with Crippen LogP contribution >= 0.6 is 23.2 Å². The molecule has 0 radical (unpaired) electrons. The fourth-order valence-electron chi connectivity index (χ4n) is 4.02. The molecule has 0 bridgehead atoms. The average Bonchev–Trinajstić information content (AvgIpc) is 3.30. The zero-order chi connectivity index (χ0) is 23.8. The van der Waals surface area contributed by atoms with Gasteiger partial charge in [-0.05, 0) is 57.4 Å². The quantitative estimate of drug-likeness (QED) is 0.419. The minimum atomic E-state index is -0.636. The standard InChI is InChI=1S/C26H32Cl2N2O3/c1-18-12-14-21(15-13-18)33-16-6-11-25(31)30(17-22-23(27)9-5-10-24(22)28)19(2)26(32)29-20-7-3-4-8-20/h5,9-10,12-15,19-20H,3-4,6-8,11,16-17H2,1-2H3,(H,29,32)/t19-/m0/s1. The van der Waals surface area contributed by atoms with Gasteiger partial charge in [0.1, 0.15) is 11.8 Å². The van der Waals surface area contributed by atoms with E-state index in [1.54, 1.807) is 30.0 Å². The third-order valence-corrected chi connectivity index (χ3v) is 6.79. The third-order valence-electron chi connectivity index (χ3n) is 6.08. The lowest BCUT2D eigenvalue weighted by Gasteiger charge is -2.30. The molecule has 1 saturated carbocycles. The number of hydrogen-bond acceptors (Lipinski definition) is 3. The van der Waals surface area contributed by atoms with Crippen LogP contribution in [0.5, 0.6) is 5.75 Å². The maximum atomic E-state index is 13.2. The van der Waals surface area contributed by atoms with E-state index in [9.17, 15) is 9.59 Å². The Kier molecular flexibility index (Phi) is 9.45. The largest absolute Gasteiger partial charge is 0.494 e. The Labute approximate surface area is 206 Å². The van der Waals surface area contributed by atoms with E-state index >= 15 is 0 Å². The van der Waals surface area contributed by atoms with Crippen molar-refractivity contribution in [2.75, 3.05) is 6.61 Å². The van der Waals surface area contributed by atoms with Crippen LogP contribution in [0, 0.1) is 6.92 Å². The highest BCUT2D eigenvalue weighted by molar-refractivity contribution is 6.36. The first-order valence-electron chi connectivity index (χ1n) is 11.6. The average molecular weight is 491 g/mol. The molecule has 178 valence electrons. The summed E-state index contributed by atoms with van der Waals surface area (Å²) in [5.41, 5.74) is 1.81. The first-order chi connectivity index (χ1) is 15.8. The number of amides is 2. The molecular weight excluding hydrogens is 459 g/mol. The Morgan fingerprint density at radius 1 is 1.09 bits per heavy atom. The van der Waals surface area contributed by atoms with Crippen LogP contribution < -0.4 is 10.1 Å². The van der Waals surface area contributed by atoms with Gasteiger partial charge in [0.15, 0.2) is 0 Å². The second kappa shape index (κ2) is 12.3. The van der Waals surface area contributed by atoms with Crippen molar-refractivity contribution in [3.05, 3.63) is 63.6 Å². The highest BCUT2D eigenvalue weighted by Crippen LogP contribution is 2.27. The predicted molar refractivity (Wildman–Crippen MR) is 133 cm³/mol. The second-order valence-corrected chi connectivity index (χ2v) is 9.47. The number of hydrogen-bond donors (Lipinski definition) is 1. The van der Waals surface area contributed by atoms with Gasteiger partial charge in [-0.15, -0.1) is 0 Å². The number of ether oxygens (including phenoxy) is 1. The van der Waals surface area contributed by atoms with Gasteiger partial charge in [-0.3, -0.25) is 9.59 Å². The molecule has 1 N–H and O–H groups in total. The molecule has 0 saturated heterocycles. The lowest BCUT2D eigenvalue weighted by Crippen LogP contribution is -2.49. The molecule has 3 rings (SSSR count). The Morgan fingerprint density at radius 3 is 2.36 bits per heavy atom. The minimum Gasteiger partial charge on any atom is -0.494 e. The van der Waals surface area contributed by atoms with Crippen molar-refractivity contribution in [3.63, 3.8) is 0 Å². The van der Waals surface area contributed by atoms with E-state index in [1.165, 1.54) is 0 Å². The van der Waals surface area contributed by atoms with E-state index in [-0.39, 0.29) is 30.8 Å². The summed E-state index contributed by atoms with van der Waals surface area (Å²) < 4.78 is 5.75. The number of rotatable bonds is 10. The van der Waals surface area contributed by atoms with Gasteiger partial charge < -0.3 is 15.0 Å². The molecule has 0 aromatic heterocycles. The van der Waals surface area contributed by atoms with Crippen molar-refractivity contribution in [1.29, 1.82) is 0 Å². The number of aryl methyl sites for hydroxylation is 1. The van der Waals surface area contributed by atoms with Crippen LogP contribution in [0.15, 0.2) is 42.5 Å². The summed E-state index contributed by atoms with van der Waals surface area (Å²) in [6.07, 6.45) is 5.01. The van der Waals surface area contributed by atoms with E-state index in [0.717, 1.165) is 37.0 Å². The van der Waals surface area contributed by atoms with Gasteiger partial charge in [0.2, 0.25) is 11.8 Å². The van der Waals surface area contributed by atoms with Gasteiger partial charge >= 0.3 is 0 Å². The summed E-state index contributed by atoms with van der Waals surface area (Å²) in [5.74, 6) is 0.499. The molecule has 2 aromatic rings. The Balaban J connectivity index is 1.64. The van der Waals surface area contributed by atoms with Crippen LogP contribution in [0.2, 0.25) is 10.0 Å². The van der Waals surface area contributed by atoms with Gasteiger partial charge in [0.25, 0.3) is 0 Å². The molecule has 1 aliphatic carbocycles. The third kappa shape index (κ3) is 7.38. The molecule has 2 aromatic carbocycles. The normalized spacial score (nSPS) is 14.7. The van der Waals surface area contributed by atoms with E-state index in [4.69, 9.17) is 27.9 Å². The van der Waals surface area contributed by atoms with Crippen molar-refractivity contribution in [1.82, 2.24) is 10.2 Å². The van der Waals surface area contributed by atoms with Crippen LogP contribution in [-0.2, 0) is 16.1 Å². The lowest BCUT2D eigenvalue weighted by atomic mass is 10.1. The first kappa shape index (κ1) is 25.4. The number of halogens is 2. The van der Waals surface area contributed by atoms with Crippen molar-refractivity contribution in [2.24, 2.45) is 0 Å². The number of nitrogens with one attached hydrogen (secondary N) is 1. The van der Waals surface area contributed by atoms with Crippen LogP contribution in [-0.4, -0.2) is 35.4 Å². The molecule has 1 aliphatic rings. The molecule has 7 heteroatoms. The second-order valence-electron chi connectivity index (χ2n) is 8.65. The smallest absolute Gasteiger partial charge is 0.242 e. The summed E-state index contributed by atoms with van der Waals surface area (Å²) in [6, 6.07) is 12.6. The molecule has 1 fully saturated rings. The molecule has 5 nitrogen and oxygen atoms in total. The summed E-state index contributed by atoms with van der Waals surface area (Å²) in [7, 11) is 0. The Bertz CT molecular complexity index is 923. The molecule has 2 amide bonds. The minimum absolute atomic E-state index is 0.132. The SMILES string of the molecule is Cc1ccc(OCCCC(=O)N(Cc2c(Cl)cccc2Cl)[C@@H](C)C(=O)NC2CCCC2)cc1. The monoisotopic (exact) mass is 490 g/mol. The van der Waals surface area contributed by atoms with Gasteiger partial charge in [-0.2, -0.15) is 0 Å². The fourth-order valence-corrected chi connectivity index (χ4v) is 4.54. The van der Waals surface area contributed by atoms with Crippen molar-refractivity contribution in [3.8, 4) is 5.75 Å². The first-order valence-corrected chi connectivity index (χ1v) is 12.3. The molecular formula is C26H32Cl2N2O3. The molecule has 0 heterocycles. The predicted octanol–water partition coefficient (Wildman–Crippen LogP) is 5.94. The van der Waals surface area contributed by atoms with Crippen LogP contribution in [0.3, 0.4) is 0 Å². The maximum Gasteiger partial charge on any atom is 0.242 e. The van der Waals surface area contributed by atoms with E-state index in [1.807, 2.05) is 31.2 Å². The van der Waals surface area contributed by atoms with Crippen molar-refractivity contribution >= 4 is 35.0 Å².